The highest BCUT2D eigenvalue weighted by Gasteiger charge is 2.43. The smallest absolute Gasteiger partial charge is 0.248 e. The van der Waals surface area contributed by atoms with Crippen LogP contribution in [0.25, 0.3) is 10.9 Å². The third-order valence-corrected chi connectivity index (χ3v) is 10.1. The Hall–Kier alpha value is -5.24. The van der Waals surface area contributed by atoms with Crippen molar-refractivity contribution in [1.82, 2.24) is 36.5 Å². The second-order valence-electron chi connectivity index (χ2n) is 14.8. The highest BCUT2D eigenvalue weighted by molar-refractivity contribution is 5.97. The lowest BCUT2D eigenvalue weighted by Crippen LogP contribution is -2.59. The molecule has 0 saturated carbocycles. The molecule has 6 atom stereocenters. The molecule has 2 saturated heterocycles. The number of aromatic amines is 1. The Morgan fingerprint density at radius 2 is 1.58 bits per heavy atom. The van der Waals surface area contributed by atoms with Gasteiger partial charge in [0.1, 0.15) is 24.2 Å². The summed E-state index contributed by atoms with van der Waals surface area (Å²) in [5.74, 6) is -3.45. The molecule has 0 aliphatic carbocycles. The minimum absolute atomic E-state index is 0.0255. The molecule has 3 aromatic rings. The molecule has 6 amide bonds. The number of aromatic nitrogens is 1. The van der Waals surface area contributed by atoms with Crippen LogP contribution >= 0.6 is 0 Å². The first-order valence-electron chi connectivity index (χ1n) is 18.2. The number of benzene rings is 2. The molecule has 14 heteroatoms. The van der Waals surface area contributed by atoms with Gasteiger partial charge < -0.3 is 41.6 Å². The molecule has 0 bridgehead atoms. The van der Waals surface area contributed by atoms with Crippen molar-refractivity contribution in [3.63, 3.8) is 0 Å². The average Bonchev–Trinajstić information content (AvgIpc) is 3.68. The van der Waals surface area contributed by atoms with Gasteiger partial charge in [-0.2, -0.15) is 0 Å². The third kappa shape index (κ3) is 9.05. The number of carbonyl (C=O) groups excluding carboxylic acids is 6. The molecule has 2 aromatic carbocycles. The number of H-pyrrole nitrogens is 1. The number of fused-ring (bicyclic) bond motifs is 2. The second kappa shape index (κ2) is 16.6. The molecule has 14 nitrogen and oxygen atoms in total. The standard InChI is InChI=1S/C39H51N7O7/c1-20(2)14-29-37(51)45-30(19-47)39(53)46-18-26(42-32(48)16-27-23(5)40-35-22(4)13-12-21(3)34(27)35)15-31(46)38(52)41-24(6)36(50)44-28(17-33(49)43-29)25-10-8-7-9-11-25/h7-13,20,24,26,28-31,40,47H,14-19H2,1-6H3,(H,41,52)(H,42,48)(H,43,49)(H,44,50)(H,45,51)/t24-,26-,28+,29-,30+,31-/m0/s1. The van der Waals surface area contributed by atoms with Crippen LogP contribution in [0.1, 0.15) is 74.0 Å². The maximum absolute atomic E-state index is 14.0. The molecule has 7 N–H and O–H groups in total. The van der Waals surface area contributed by atoms with Crippen LogP contribution in [-0.4, -0.2) is 93.8 Å². The number of carbonyl (C=O) groups is 6. The first-order valence-corrected chi connectivity index (χ1v) is 18.2. The van der Waals surface area contributed by atoms with Crippen LogP contribution in [0.5, 0.6) is 0 Å². The number of aryl methyl sites for hydroxylation is 3. The predicted octanol–water partition coefficient (Wildman–Crippen LogP) is 1.50. The van der Waals surface area contributed by atoms with Crippen molar-refractivity contribution < 1.29 is 33.9 Å². The second-order valence-corrected chi connectivity index (χ2v) is 14.8. The average molecular weight is 730 g/mol. The lowest BCUT2D eigenvalue weighted by Gasteiger charge is -2.30. The third-order valence-electron chi connectivity index (χ3n) is 10.1. The van der Waals surface area contributed by atoms with E-state index in [9.17, 15) is 33.9 Å². The summed E-state index contributed by atoms with van der Waals surface area (Å²) in [5.41, 5.74) is 5.43. The minimum atomic E-state index is -1.44. The summed E-state index contributed by atoms with van der Waals surface area (Å²) in [6.45, 7) is 10.3. The van der Waals surface area contributed by atoms with Gasteiger partial charge in [0.05, 0.1) is 25.5 Å². The van der Waals surface area contributed by atoms with Gasteiger partial charge in [-0.15, -0.1) is 0 Å². The number of nitrogens with one attached hydrogen (secondary N) is 6. The van der Waals surface area contributed by atoms with E-state index in [2.05, 4.69) is 31.6 Å². The zero-order chi connectivity index (χ0) is 38.6. The van der Waals surface area contributed by atoms with Crippen LogP contribution in [0.4, 0.5) is 0 Å². The Balaban J connectivity index is 1.42. The van der Waals surface area contributed by atoms with E-state index in [0.29, 0.717) is 5.56 Å². The van der Waals surface area contributed by atoms with Crippen molar-refractivity contribution in [3.05, 3.63) is 70.4 Å². The van der Waals surface area contributed by atoms with E-state index in [0.717, 1.165) is 33.3 Å². The van der Waals surface area contributed by atoms with Gasteiger partial charge >= 0.3 is 0 Å². The van der Waals surface area contributed by atoms with E-state index < -0.39 is 72.4 Å². The van der Waals surface area contributed by atoms with Crippen molar-refractivity contribution >= 4 is 46.3 Å². The quantitative estimate of drug-likeness (QED) is 0.191. The van der Waals surface area contributed by atoms with E-state index in [1.54, 1.807) is 30.3 Å². The highest BCUT2D eigenvalue weighted by atomic mass is 16.3. The van der Waals surface area contributed by atoms with Crippen molar-refractivity contribution in [1.29, 1.82) is 0 Å². The Kier molecular flexibility index (Phi) is 12.2. The summed E-state index contributed by atoms with van der Waals surface area (Å²) in [7, 11) is 0. The monoisotopic (exact) mass is 729 g/mol. The number of amides is 6. The molecule has 1 aromatic heterocycles. The van der Waals surface area contributed by atoms with E-state index in [1.807, 2.05) is 46.8 Å². The molecule has 0 spiro atoms. The van der Waals surface area contributed by atoms with Gasteiger partial charge in [-0.3, -0.25) is 28.8 Å². The lowest BCUT2D eigenvalue weighted by molar-refractivity contribution is -0.143. The Morgan fingerprint density at radius 3 is 2.26 bits per heavy atom. The van der Waals surface area contributed by atoms with E-state index in [1.165, 1.54) is 11.8 Å². The molecule has 3 heterocycles. The number of aliphatic hydroxyl groups is 1. The molecule has 284 valence electrons. The fourth-order valence-corrected chi connectivity index (χ4v) is 7.31. The Labute approximate surface area is 309 Å². The topological polar surface area (TPSA) is 202 Å². The van der Waals surface area contributed by atoms with Crippen LogP contribution in [0, 0.1) is 26.7 Å². The van der Waals surface area contributed by atoms with Crippen LogP contribution in [-0.2, 0) is 35.2 Å². The lowest BCUT2D eigenvalue weighted by atomic mass is 10.00. The first-order chi connectivity index (χ1) is 25.2. The molecular weight excluding hydrogens is 678 g/mol. The molecule has 2 aliphatic heterocycles. The molecule has 2 fully saturated rings. The van der Waals surface area contributed by atoms with Crippen molar-refractivity contribution in [2.75, 3.05) is 13.2 Å². The van der Waals surface area contributed by atoms with Crippen molar-refractivity contribution in [2.24, 2.45) is 5.92 Å². The van der Waals surface area contributed by atoms with E-state index >= 15 is 0 Å². The zero-order valence-corrected chi connectivity index (χ0v) is 31.2. The summed E-state index contributed by atoms with van der Waals surface area (Å²) >= 11 is 0. The summed E-state index contributed by atoms with van der Waals surface area (Å²) < 4.78 is 0. The molecular formula is C39H51N7O7. The number of hydrogen-bond acceptors (Lipinski definition) is 7. The number of hydrogen-bond donors (Lipinski definition) is 7. The molecule has 0 unspecified atom stereocenters. The molecule has 0 radical (unpaired) electrons. The summed E-state index contributed by atoms with van der Waals surface area (Å²) in [4.78, 5) is 86.5. The molecule has 53 heavy (non-hydrogen) atoms. The first kappa shape index (κ1) is 39.0. The maximum Gasteiger partial charge on any atom is 0.248 e. The van der Waals surface area contributed by atoms with Crippen LogP contribution < -0.4 is 26.6 Å². The van der Waals surface area contributed by atoms with Crippen LogP contribution in [0.2, 0.25) is 0 Å². The van der Waals surface area contributed by atoms with Gasteiger partial charge in [0, 0.05) is 29.2 Å². The van der Waals surface area contributed by atoms with Crippen LogP contribution in [0.3, 0.4) is 0 Å². The van der Waals surface area contributed by atoms with Crippen molar-refractivity contribution in [3.8, 4) is 0 Å². The van der Waals surface area contributed by atoms with Gasteiger partial charge in [-0.05, 0) is 68.7 Å². The van der Waals surface area contributed by atoms with Crippen LogP contribution in [0.15, 0.2) is 42.5 Å². The predicted molar refractivity (Wildman–Crippen MR) is 198 cm³/mol. The van der Waals surface area contributed by atoms with Gasteiger partial charge in [0.2, 0.25) is 35.4 Å². The van der Waals surface area contributed by atoms with Gasteiger partial charge in [-0.25, -0.2) is 0 Å². The molecule has 2 aliphatic rings. The fourth-order valence-electron chi connectivity index (χ4n) is 7.31. The largest absolute Gasteiger partial charge is 0.394 e. The maximum atomic E-state index is 14.0. The van der Waals surface area contributed by atoms with E-state index in [4.69, 9.17) is 0 Å². The zero-order valence-electron chi connectivity index (χ0n) is 31.2. The SMILES string of the molecule is Cc1[nH]c2c(C)ccc(C)c2c1CC(=O)N[C@H]1C[C@H]2C(=O)N[C@@H](C)C(=O)N[C@@H](c3ccccc3)CC(=O)N[C@@H](CC(C)C)C(=O)N[C@H](CO)C(=O)N2C1. The van der Waals surface area contributed by atoms with Gasteiger partial charge in [0.15, 0.2) is 0 Å². The Bertz CT molecular complexity index is 1870. The van der Waals surface area contributed by atoms with E-state index in [-0.39, 0.29) is 44.1 Å². The number of nitrogens with zero attached hydrogens (tertiary/aromatic N) is 1. The number of rotatable bonds is 7. The molecule has 5 rings (SSSR count). The summed E-state index contributed by atoms with van der Waals surface area (Å²) in [5, 5.41) is 25.2. The normalized spacial score (nSPS) is 24.8. The highest BCUT2D eigenvalue weighted by Crippen LogP contribution is 2.29. The fraction of sp³-hybridized carbons (Fsp3) is 0.487. The summed E-state index contributed by atoms with van der Waals surface area (Å²) in [6, 6.07) is 6.83. The van der Waals surface area contributed by atoms with Gasteiger partial charge in [-0.1, -0.05) is 56.3 Å². The van der Waals surface area contributed by atoms with Crippen molar-refractivity contribution in [2.45, 2.75) is 103 Å². The number of aliphatic hydroxyl groups excluding tert-OH is 1. The Morgan fingerprint density at radius 1 is 0.887 bits per heavy atom. The minimum Gasteiger partial charge on any atom is -0.394 e. The summed E-state index contributed by atoms with van der Waals surface area (Å²) in [6.07, 6.45) is 0.139. The van der Waals surface area contributed by atoms with Gasteiger partial charge in [0.25, 0.3) is 0 Å².